The summed E-state index contributed by atoms with van der Waals surface area (Å²) in [5.41, 5.74) is 4.87. The van der Waals surface area contributed by atoms with E-state index in [0.717, 1.165) is 42.1 Å². The summed E-state index contributed by atoms with van der Waals surface area (Å²) in [7, 11) is 0. The van der Waals surface area contributed by atoms with Crippen LogP contribution in [0.4, 0.5) is 10.7 Å². The van der Waals surface area contributed by atoms with Crippen molar-refractivity contribution in [2.75, 3.05) is 23.3 Å². The number of carbonyl (C=O) groups excluding carboxylic acids is 1. The maximum absolute atomic E-state index is 13.1. The molecule has 2 aromatic rings. The van der Waals surface area contributed by atoms with Crippen LogP contribution >= 0.6 is 11.3 Å². The Morgan fingerprint density at radius 2 is 1.80 bits per heavy atom. The van der Waals surface area contributed by atoms with E-state index in [1.807, 2.05) is 0 Å². The van der Waals surface area contributed by atoms with E-state index >= 15 is 0 Å². The minimum absolute atomic E-state index is 0.0762. The van der Waals surface area contributed by atoms with Crippen molar-refractivity contribution >= 4 is 27.9 Å². The molecule has 162 valence electrons. The number of fused-ring (bicyclic) bond motifs is 3. The Kier molecular flexibility index (Phi) is 5.84. The molecule has 2 heterocycles. The highest BCUT2D eigenvalue weighted by atomic mass is 32.1. The van der Waals surface area contributed by atoms with Crippen LogP contribution in [0.25, 0.3) is 0 Å². The quantitative estimate of drug-likeness (QED) is 0.597. The van der Waals surface area contributed by atoms with Crippen LogP contribution in [0.3, 0.4) is 0 Å². The zero-order valence-corrected chi connectivity index (χ0v) is 19.8. The average molecular weight is 426 g/mol. The van der Waals surface area contributed by atoms with Gasteiger partial charge >= 0.3 is 0 Å². The lowest BCUT2D eigenvalue weighted by Gasteiger charge is -2.36. The van der Waals surface area contributed by atoms with Gasteiger partial charge in [-0.2, -0.15) is 0 Å². The van der Waals surface area contributed by atoms with Gasteiger partial charge in [0.05, 0.1) is 5.56 Å². The van der Waals surface area contributed by atoms with Crippen LogP contribution in [0.2, 0.25) is 0 Å². The molecule has 0 unspecified atom stereocenters. The van der Waals surface area contributed by atoms with Gasteiger partial charge in [-0.05, 0) is 67.7 Å². The van der Waals surface area contributed by atoms with E-state index in [1.54, 1.807) is 11.3 Å². The van der Waals surface area contributed by atoms with Gasteiger partial charge in [-0.1, -0.05) is 39.3 Å². The van der Waals surface area contributed by atoms with Crippen LogP contribution in [0.5, 0.6) is 0 Å². The minimum atomic E-state index is -0.168. The van der Waals surface area contributed by atoms with Gasteiger partial charge in [-0.3, -0.25) is 4.79 Å². The molecule has 0 bridgehead atoms. The van der Waals surface area contributed by atoms with Crippen molar-refractivity contribution in [1.82, 2.24) is 5.32 Å². The van der Waals surface area contributed by atoms with Crippen molar-refractivity contribution in [2.24, 2.45) is 11.3 Å². The Morgan fingerprint density at radius 1 is 1.10 bits per heavy atom. The van der Waals surface area contributed by atoms with Gasteiger partial charge in [-0.15, -0.1) is 11.3 Å². The molecular formula is C25H35N3OS. The maximum Gasteiger partial charge on any atom is 0.256 e. The molecule has 5 heteroatoms. The Hall–Kier alpha value is -2.01. The summed E-state index contributed by atoms with van der Waals surface area (Å²) in [6, 6.07) is 8.57. The predicted molar refractivity (Wildman–Crippen MR) is 128 cm³/mol. The van der Waals surface area contributed by atoms with Gasteiger partial charge in [0.15, 0.2) is 0 Å². The summed E-state index contributed by atoms with van der Waals surface area (Å²) in [5, 5.41) is 7.87. The van der Waals surface area contributed by atoms with Crippen molar-refractivity contribution in [2.45, 2.75) is 66.5 Å². The molecule has 2 aliphatic rings. The number of hydrogen-bond donors (Lipinski definition) is 2. The molecule has 2 atom stereocenters. The number of carbonyl (C=O) groups is 1. The van der Waals surface area contributed by atoms with Crippen molar-refractivity contribution in [3.8, 4) is 0 Å². The molecule has 1 aliphatic heterocycles. The van der Waals surface area contributed by atoms with E-state index in [0.29, 0.717) is 11.3 Å². The molecule has 30 heavy (non-hydrogen) atoms. The standard InChI is InChI=1S/C25H35N3OS/c1-6-25(4,5)17-11-14-19-20(15-17)30-24-21(19)23(29)26-22(27-24)16-9-12-18(13-10-16)28(7-2)8-3/h9-10,12-13,17,22,27H,6-8,11,14-15H2,1-5H3,(H,26,29)/t17-,22+/m1/s1. The molecule has 0 saturated carbocycles. The largest absolute Gasteiger partial charge is 0.372 e. The Balaban J connectivity index is 1.56. The van der Waals surface area contributed by atoms with Gasteiger partial charge in [0.1, 0.15) is 11.2 Å². The summed E-state index contributed by atoms with van der Waals surface area (Å²) in [6.45, 7) is 13.4. The molecule has 0 saturated heterocycles. The second kappa shape index (κ2) is 8.26. The third-order valence-electron chi connectivity index (χ3n) is 7.41. The maximum atomic E-state index is 13.1. The number of nitrogens with zero attached hydrogens (tertiary/aromatic N) is 1. The van der Waals surface area contributed by atoms with E-state index < -0.39 is 0 Å². The SMILES string of the molecule is CCN(CC)c1ccc([C@H]2NC(=O)c3c(sc4c3CC[C@@H](C(C)(C)CC)C4)N2)cc1. The first kappa shape index (κ1) is 21.2. The number of hydrogen-bond acceptors (Lipinski definition) is 4. The van der Waals surface area contributed by atoms with Crippen LogP contribution in [0.15, 0.2) is 24.3 Å². The molecule has 0 radical (unpaired) electrons. The first-order chi connectivity index (χ1) is 14.4. The lowest BCUT2D eigenvalue weighted by molar-refractivity contribution is 0.0934. The highest BCUT2D eigenvalue weighted by Crippen LogP contribution is 2.47. The number of nitrogens with one attached hydrogen (secondary N) is 2. The monoisotopic (exact) mass is 425 g/mol. The van der Waals surface area contributed by atoms with Crippen LogP contribution in [0.1, 0.15) is 80.0 Å². The molecule has 0 fully saturated rings. The van der Waals surface area contributed by atoms with Gasteiger partial charge in [0, 0.05) is 23.7 Å². The van der Waals surface area contributed by atoms with Gasteiger partial charge in [-0.25, -0.2) is 0 Å². The van der Waals surface area contributed by atoms with Gasteiger partial charge < -0.3 is 15.5 Å². The molecule has 1 aromatic carbocycles. The lowest BCUT2D eigenvalue weighted by Crippen LogP contribution is -2.38. The molecule has 1 aliphatic carbocycles. The summed E-state index contributed by atoms with van der Waals surface area (Å²) in [4.78, 5) is 16.8. The highest BCUT2D eigenvalue weighted by Gasteiger charge is 2.37. The molecule has 1 amide bonds. The van der Waals surface area contributed by atoms with E-state index in [-0.39, 0.29) is 12.1 Å². The third kappa shape index (κ3) is 3.73. The molecule has 4 rings (SSSR count). The lowest BCUT2D eigenvalue weighted by atomic mass is 9.69. The van der Waals surface area contributed by atoms with Crippen LogP contribution in [-0.4, -0.2) is 19.0 Å². The average Bonchev–Trinajstić information content (AvgIpc) is 3.13. The smallest absolute Gasteiger partial charge is 0.256 e. The van der Waals surface area contributed by atoms with Crippen LogP contribution in [0, 0.1) is 11.3 Å². The summed E-state index contributed by atoms with van der Waals surface area (Å²) >= 11 is 1.81. The molecule has 0 spiro atoms. The van der Waals surface area contributed by atoms with E-state index in [9.17, 15) is 4.79 Å². The number of amides is 1. The highest BCUT2D eigenvalue weighted by molar-refractivity contribution is 7.16. The predicted octanol–water partition coefficient (Wildman–Crippen LogP) is 5.99. The number of benzene rings is 1. The number of rotatable bonds is 6. The Labute approximate surface area is 185 Å². The molecule has 2 N–H and O–H groups in total. The summed E-state index contributed by atoms with van der Waals surface area (Å²) in [6.07, 6.45) is 4.33. The molecule has 1 aromatic heterocycles. The normalized spacial score (nSPS) is 20.8. The fourth-order valence-corrected chi connectivity index (χ4v) is 6.24. The first-order valence-corrected chi connectivity index (χ1v) is 12.3. The number of thiophene rings is 1. The Bertz CT molecular complexity index is 911. The van der Waals surface area contributed by atoms with Crippen LogP contribution < -0.4 is 15.5 Å². The van der Waals surface area contributed by atoms with Gasteiger partial charge in [0.2, 0.25) is 0 Å². The second-order valence-electron chi connectivity index (χ2n) is 9.30. The third-order valence-corrected chi connectivity index (χ3v) is 8.60. The van der Waals surface area contributed by atoms with E-state index in [4.69, 9.17) is 0 Å². The fraction of sp³-hybridized carbons (Fsp3) is 0.560. The Morgan fingerprint density at radius 3 is 2.43 bits per heavy atom. The molecular weight excluding hydrogens is 390 g/mol. The van der Waals surface area contributed by atoms with E-state index in [1.165, 1.54) is 29.0 Å². The minimum Gasteiger partial charge on any atom is -0.372 e. The van der Waals surface area contributed by atoms with Crippen molar-refractivity contribution in [1.29, 1.82) is 0 Å². The summed E-state index contributed by atoms with van der Waals surface area (Å²) < 4.78 is 0. The van der Waals surface area contributed by atoms with Crippen molar-refractivity contribution < 1.29 is 4.79 Å². The zero-order chi connectivity index (χ0) is 21.5. The fourth-order valence-electron chi connectivity index (χ4n) is 4.89. The molecule has 4 nitrogen and oxygen atoms in total. The van der Waals surface area contributed by atoms with Crippen molar-refractivity contribution in [3.63, 3.8) is 0 Å². The topological polar surface area (TPSA) is 44.4 Å². The second-order valence-corrected chi connectivity index (χ2v) is 10.4. The van der Waals surface area contributed by atoms with Gasteiger partial charge in [0.25, 0.3) is 5.91 Å². The van der Waals surface area contributed by atoms with Crippen molar-refractivity contribution in [3.05, 3.63) is 45.8 Å². The zero-order valence-electron chi connectivity index (χ0n) is 19.0. The summed E-state index contributed by atoms with van der Waals surface area (Å²) in [5.74, 6) is 0.772. The van der Waals surface area contributed by atoms with E-state index in [2.05, 4.69) is 74.4 Å². The first-order valence-electron chi connectivity index (χ1n) is 11.4. The number of anilines is 2. The van der Waals surface area contributed by atoms with Crippen LogP contribution in [-0.2, 0) is 12.8 Å².